The van der Waals surface area contributed by atoms with Crippen molar-refractivity contribution in [3.05, 3.63) is 102 Å². The van der Waals surface area contributed by atoms with Crippen molar-refractivity contribution in [2.24, 2.45) is 0 Å². The number of benzene rings is 4. The fourth-order valence-corrected chi connectivity index (χ4v) is 9.13. The number of aromatic amines is 2. The van der Waals surface area contributed by atoms with Crippen LogP contribution in [0.25, 0.3) is 21.8 Å². The number of H-pyrrole nitrogens is 2. The molecule has 2 fully saturated rings. The van der Waals surface area contributed by atoms with Crippen molar-refractivity contribution in [1.29, 1.82) is 0 Å². The molecule has 9 heteroatoms. The van der Waals surface area contributed by atoms with Gasteiger partial charge in [0.25, 0.3) is 0 Å². The molecule has 4 heterocycles. The van der Waals surface area contributed by atoms with Crippen LogP contribution in [0.4, 0.5) is 11.4 Å². The van der Waals surface area contributed by atoms with Crippen LogP contribution in [0.5, 0.6) is 5.75 Å². The maximum Gasteiger partial charge on any atom is 0.122 e. The zero-order valence-electron chi connectivity index (χ0n) is 28.6. The lowest BCUT2D eigenvalue weighted by Gasteiger charge is -2.30. The summed E-state index contributed by atoms with van der Waals surface area (Å²) in [5.41, 5.74) is 7.68. The number of anilines is 2. The minimum atomic E-state index is 0.935. The normalized spacial score (nSPS) is 15.0. The number of piperazine rings is 2. The first-order valence-corrected chi connectivity index (χ1v) is 19.0. The summed E-state index contributed by atoms with van der Waals surface area (Å²) >= 11 is 3.70. The number of fused-ring (bicyclic) bond motifs is 2. The Hall–Kier alpha value is -4.02. The van der Waals surface area contributed by atoms with Crippen molar-refractivity contribution in [3.8, 4) is 5.75 Å². The molecule has 6 aromatic rings. The average Bonchev–Trinajstić information content (AvgIpc) is 3.77. The Labute approximate surface area is 298 Å². The Morgan fingerprint density at radius 1 is 0.653 bits per heavy atom. The van der Waals surface area contributed by atoms with Crippen LogP contribution >= 0.6 is 23.5 Å². The third kappa shape index (κ3) is 7.31. The molecule has 0 bridgehead atoms. The van der Waals surface area contributed by atoms with E-state index in [1.165, 1.54) is 58.4 Å². The van der Waals surface area contributed by atoms with Gasteiger partial charge in [0.2, 0.25) is 0 Å². The number of para-hydroxylation sites is 3. The monoisotopic (exact) mass is 690 g/mol. The van der Waals surface area contributed by atoms with E-state index in [-0.39, 0.29) is 0 Å². The van der Waals surface area contributed by atoms with E-state index in [4.69, 9.17) is 4.74 Å². The number of methoxy groups -OCH3 is 1. The van der Waals surface area contributed by atoms with Gasteiger partial charge in [0.05, 0.1) is 18.5 Å². The highest BCUT2D eigenvalue weighted by Gasteiger charge is 2.18. The first-order valence-electron chi connectivity index (χ1n) is 17.3. The summed E-state index contributed by atoms with van der Waals surface area (Å²) in [5, 5.41) is 9.44. The second-order valence-corrected chi connectivity index (χ2v) is 14.6. The van der Waals surface area contributed by atoms with Gasteiger partial charge in [-0.1, -0.05) is 72.9 Å². The zero-order chi connectivity index (χ0) is 33.6. The molecular formula is C40H46N6OS2. The van der Waals surface area contributed by atoms with E-state index in [0.717, 1.165) is 70.0 Å². The van der Waals surface area contributed by atoms with Crippen molar-refractivity contribution in [2.75, 3.05) is 69.3 Å². The van der Waals surface area contributed by atoms with Gasteiger partial charge < -0.3 is 35.1 Å². The Kier molecular flexibility index (Phi) is 10.7. The van der Waals surface area contributed by atoms with Crippen LogP contribution < -0.4 is 25.2 Å². The molecule has 8 rings (SSSR count). The van der Waals surface area contributed by atoms with Crippen LogP contribution in [0.3, 0.4) is 0 Å². The van der Waals surface area contributed by atoms with E-state index in [1.54, 1.807) is 7.11 Å². The first kappa shape index (κ1) is 33.5. The van der Waals surface area contributed by atoms with E-state index in [9.17, 15) is 0 Å². The SMILES string of the molecule is CCc1cccc2c(Sc3ccccc3N3CCNCC3)c[nH]c12.COc1ccc2[nH]cc(Sc3ccccc3N3CCNCC3)c2c1C. The summed E-state index contributed by atoms with van der Waals surface area (Å²) in [6.45, 7) is 12.8. The molecule has 49 heavy (non-hydrogen) atoms. The smallest absolute Gasteiger partial charge is 0.122 e. The number of hydrogen-bond donors (Lipinski definition) is 4. The Morgan fingerprint density at radius 2 is 1.24 bits per heavy atom. The Morgan fingerprint density at radius 3 is 1.86 bits per heavy atom. The largest absolute Gasteiger partial charge is 0.496 e. The van der Waals surface area contributed by atoms with Crippen molar-refractivity contribution in [1.82, 2.24) is 20.6 Å². The highest BCUT2D eigenvalue weighted by Crippen LogP contribution is 2.42. The number of ether oxygens (including phenoxy) is 1. The standard InChI is InChI=1S/C20H23N3OS.C20H23N3S/c1-14-17(24-2)8-7-15-20(14)19(13-22-15)25-18-6-4-3-5-16(18)23-11-9-21-10-12-23;1-2-15-6-5-7-16-19(14-22-20(15)16)24-18-9-4-3-8-17(18)23-12-10-21-11-13-23/h3-8,13,21-22H,9-12H2,1-2H3;3-9,14,21-22H,2,10-13H2,1H3. The Balaban J connectivity index is 0.000000154. The van der Waals surface area contributed by atoms with Gasteiger partial charge in [0.1, 0.15) is 5.75 Å². The van der Waals surface area contributed by atoms with Gasteiger partial charge in [-0.15, -0.1) is 0 Å². The molecule has 0 unspecified atom stereocenters. The third-order valence-electron chi connectivity index (χ3n) is 9.47. The van der Waals surface area contributed by atoms with Crippen LogP contribution in [0, 0.1) is 6.92 Å². The first-order chi connectivity index (χ1) is 24.1. The second-order valence-electron chi connectivity index (χ2n) is 12.4. The predicted molar refractivity (Wildman–Crippen MR) is 209 cm³/mol. The van der Waals surface area contributed by atoms with Crippen molar-refractivity contribution in [3.63, 3.8) is 0 Å². The van der Waals surface area contributed by atoms with Crippen LogP contribution in [0.15, 0.2) is 111 Å². The molecule has 0 amide bonds. The van der Waals surface area contributed by atoms with E-state index < -0.39 is 0 Å². The van der Waals surface area contributed by atoms with Crippen molar-refractivity contribution >= 4 is 56.7 Å². The van der Waals surface area contributed by atoms with E-state index in [2.05, 4.69) is 129 Å². The molecule has 0 atom stereocenters. The highest BCUT2D eigenvalue weighted by atomic mass is 32.2. The number of nitrogens with one attached hydrogen (secondary N) is 4. The maximum atomic E-state index is 5.51. The Bertz CT molecular complexity index is 2010. The van der Waals surface area contributed by atoms with Crippen LogP contribution in [-0.2, 0) is 6.42 Å². The molecule has 0 radical (unpaired) electrons. The van der Waals surface area contributed by atoms with Crippen molar-refractivity contribution < 1.29 is 4.74 Å². The van der Waals surface area contributed by atoms with Gasteiger partial charge in [-0.3, -0.25) is 0 Å². The maximum absolute atomic E-state index is 5.51. The summed E-state index contributed by atoms with van der Waals surface area (Å²) in [4.78, 5) is 17.0. The summed E-state index contributed by atoms with van der Waals surface area (Å²) in [6, 6.07) is 28.2. The topological polar surface area (TPSA) is 71.3 Å². The van der Waals surface area contributed by atoms with Gasteiger partial charge in [-0.25, -0.2) is 0 Å². The van der Waals surface area contributed by atoms with Crippen LogP contribution in [-0.4, -0.2) is 69.4 Å². The zero-order valence-corrected chi connectivity index (χ0v) is 30.3. The van der Waals surface area contributed by atoms with Gasteiger partial charge >= 0.3 is 0 Å². The molecule has 2 saturated heterocycles. The molecule has 4 N–H and O–H groups in total. The highest BCUT2D eigenvalue weighted by molar-refractivity contribution is 8.00. The molecule has 4 aromatic carbocycles. The number of aryl methyl sites for hydroxylation is 2. The molecule has 7 nitrogen and oxygen atoms in total. The van der Waals surface area contributed by atoms with Gasteiger partial charge in [-0.2, -0.15) is 0 Å². The van der Waals surface area contributed by atoms with Crippen LogP contribution in [0.1, 0.15) is 18.1 Å². The molecule has 0 saturated carbocycles. The minimum Gasteiger partial charge on any atom is -0.496 e. The lowest BCUT2D eigenvalue weighted by Crippen LogP contribution is -2.43. The summed E-state index contributed by atoms with van der Waals surface area (Å²) in [6.07, 6.45) is 5.32. The molecule has 0 spiro atoms. The lowest BCUT2D eigenvalue weighted by molar-refractivity contribution is 0.412. The summed E-state index contributed by atoms with van der Waals surface area (Å²) < 4.78 is 5.51. The quantitative estimate of drug-likeness (QED) is 0.128. The predicted octanol–water partition coefficient (Wildman–Crippen LogP) is 8.34. The fourth-order valence-electron chi connectivity index (χ4n) is 6.88. The molecule has 2 aromatic heterocycles. The lowest BCUT2D eigenvalue weighted by atomic mass is 10.1. The van der Waals surface area contributed by atoms with Gasteiger partial charge in [-0.05, 0) is 55.3 Å². The number of aromatic nitrogens is 2. The molecular weight excluding hydrogens is 645 g/mol. The van der Waals surface area contributed by atoms with E-state index in [0.29, 0.717) is 0 Å². The van der Waals surface area contributed by atoms with E-state index >= 15 is 0 Å². The minimum absolute atomic E-state index is 0.935. The van der Waals surface area contributed by atoms with Gasteiger partial charge in [0.15, 0.2) is 0 Å². The second kappa shape index (κ2) is 15.7. The van der Waals surface area contributed by atoms with Gasteiger partial charge in [0, 0.05) is 112 Å². The van der Waals surface area contributed by atoms with E-state index in [1.807, 2.05) is 29.6 Å². The average molecular weight is 691 g/mol. The summed E-state index contributed by atoms with van der Waals surface area (Å²) in [7, 11) is 1.73. The molecule has 254 valence electrons. The van der Waals surface area contributed by atoms with Crippen LogP contribution in [0.2, 0.25) is 0 Å². The molecule has 2 aliphatic rings. The fraction of sp³-hybridized carbons (Fsp3) is 0.300. The number of rotatable bonds is 8. The number of nitrogens with zero attached hydrogens (tertiary/aromatic N) is 2. The molecule has 2 aliphatic heterocycles. The third-order valence-corrected chi connectivity index (χ3v) is 11.7. The number of hydrogen-bond acceptors (Lipinski definition) is 7. The van der Waals surface area contributed by atoms with Crippen molar-refractivity contribution in [2.45, 2.75) is 39.9 Å². The summed E-state index contributed by atoms with van der Waals surface area (Å²) in [5.74, 6) is 0.935. The molecule has 0 aliphatic carbocycles.